The van der Waals surface area contributed by atoms with Gasteiger partial charge in [-0.05, 0) is 25.1 Å². The van der Waals surface area contributed by atoms with Crippen molar-refractivity contribution in [2.75, 3.05) is 5.32 Å². The van der Waals surface area contributed by atoms with Crippen molar-refractivity contribution in [3.05, 3.63) is 46.7 Å². The molecule has 110 valence electrons. The number of carboxylic acid groups (broad SMARTS) is 1. The van der Waals surface area contributed by atoms with Crippen molar-refractivity contribution in [2.24, 2.45) is 0 Å². The Balaban J connectivity index is 2.05. The highest BCUT2D eigenvalue weighted by atomic mass is 35.5. The van der Waals surface area contributed by atoms with Crippen LogP contribution in [0.3, 0.4) is 0 Å². The van der Waals surface area contributed by atoms with Crippen molar-refractivity contribution in [3.8, 4) is 0 Å². The second-order valence-electron chi connectivity index (χ2n) is 4.35. The summed E-state index contributed by atoms with van der Waals surface area (Å²) in [7, 11) is 0. The second kappa shape index (κ2) is 6.27. The van der Waals surface area contributed by atoms with Crippen LogP contribution in [0.25, 0.3) is 0 Å². The fraction of sp³-hybridized carbons (Fsp3) is 0.154. The molecule has 2 amide bonds. The number of carbonyl (C=O) groups is 2. The lowest BCUT2D eigenvalue weighted by molar-refractivity contribution is 0.0697. The predicted molar refractivity (Wildman–Crippen MR) is 77.6 cm³/mol. The number of halogens is 1. The van der Waals surface area contributed by atoms with E-state index in [-0.39, 0.29) is 22.3 Å². The minimum atomic E-state index is -1.10. The van der Waals surface area contributed by atoms with Gasteiger partial charge in [0, 0.05) is 11.8 Å². The zero-order valence-electron chi connectivity index (χ0n) is 11.1. The van der Waals surface area contributed by atoms with Crippen LogP contribution >= 0.6 is 11.6 Å². The fourth-order valence-electron chi connectivity index (χ4n) is 1.69. The average Bonchev–Trinajstić information content (AvgIpc) is 2.95. The van der Waals surface area contributed by atoms with Gasteiger partial charge in [-0.2, -0.15) is 5.10 Å². The van der Waals surface area contributed by atoms with Gasteiger partial charge >= 0.3 is 12.0 Å². The van der Waals surface area contributed by atoms with Crippen LogP contribution in [-0.2, 0) is 0 Å². The Labute approximate surface area is 125 Å². The molecule has 2 aromatic rings. The molecule has 0 saturated heterocycles. The second-order valence-corrected chi connectivity index (χ2v) is 4.76. The zero-order valence-corrected chi connectivity index (χ0v) is 11.8. The number of H-pyrrole nitrogens is 1. The summed E-state index contributed by atoms with van der Waals surface area (Å²) in [5, 5.41) is 20.8. The largest absolute Gasteiger partial charge is 0.478 e. The molecule has 21 heavy (non-hydrogen) atoms. The monoisotopic (exact) mass is 308 g/mol. The molecule has 7 nitrogen and oxygen atoms in total. The zero-order chi connectivity index (χ0) is 15.4. The lowest BCUT2D eigenvalue weighted by Gasteiger charge is -2.14. The van der Waals surface area contributed by atoms with E-state index in [4.69, 9.17) is 16.7 Å². The van der Waals surface area contributed by atoms with Crippen LogP contribution in [0.15, 0.2) is 30.6 Å². The Bertz CT molecular complexity index is 657. The molecular formula is C13H13ClN4O3. The summed E-state index contributed by atoms with van der Waals surface area (Å²) in [6, 6.07) is 3.33. The van der Waals surface area contributed by atoms with E-state index in [1.54, 1.807) is 19.3 Å². The van der Waals surface area contributed by atoms with Crippen LogP contribution in [-0.4, -0.2) is 27.3 Å². The van der Waals surface area contributed by atoms with E-state index in [0.29, 0.717) is 0 Å². The number of benzene rings is 1. The molecule has 1 aromatic heterocycles. The minimum absolute atomic E-state index is 0.0394. The fourth-order valence-corrected chi connectivity index (χ4v) is 1.85. The third-order valence-electron chi connectivity index (χ3n) is 2.83. The highest BCUT2D eigenvalue weighted by Gasteiger charge is 2.13. The van der Waals surface area contributed by atoms with Gasteiger partial charge in [0.2, 0.25) is 0 Å². The SMILES string of the molecule is CC(NC(=O)Nc1cc(C(=O)O)ccc1Cl)c1cn[nH]c1. The molecule has 0 radical (unpaired) electrons. The van der Waals surface area contributed by atoms with Gasteiger partial charge in [0.1, 0.15) is 0 Å². The third-order valence-corrected chi connectivity index (χ3v) is 3.16. The lowest BCUT2D eigenvalue weighted by Crippen LogP contribution is -2.31. The smallest absolute Gasteiger partial charge is 0.335 e. The van der Waals surface area contributed by atoms with Crippen molar-refractivity contribution in [2.45, 2.75) is 13.0 Å². The quantitative estimate of drug-likeness (QED) is 0.696. The number of hydrogen-bond acceptors (Lipinski definition) is 3. The van der Waals surface area contributed by atoms with Gasteiger partial charge in [-0.25, -0.2) is 9.59 Å². The Morgan fingerprint density at radius 2 is 2.19 bits per heavy atom. The Hall–Kier alpha value is -2.54. The van der Waals surface area contributed by atoms with Gasteiger partial charge in [0.25, 0.3) is 0 Å². The number of aromatic carboxylic acids is 1. The Morgan fingerprint density at radius 3 is 2.81 bits per heavy atom. The van der Waals surface area contributed by atoms with Crippen LogP contribution in [0.1, 0.15) is 28.9 Å². The van der Waals surface area contributed by atoms with Gasteiger partial charge in [-0.1, -0.05) is 11.6 Å². The average molecular weight is 309 g/mol. The van der Waals surface area contributed by atoms with Crippen molar-refractivity contribution in [3.63, 3.8) is 0 Å². The number of anilines is 1. The molecule has 4 N–H and O–H groups in total. The van der Waals surface area contributed by atoms with E-state index in [1.165, 1.54) is 18.2 Å². The normalized spacial score (nSPS) is 11.7. The summed E-state index contributed by atoms with van der Waals surface area (Å²) < 4.78 is 0. The van der Waals surface area contributed by atoms with Gasteiger partial charge in [-0.15, -0.1) is 0 Å². The first-order valence-electron chi connectivity index (χ1n) is 6.06. The first-order valence-corrected chi connectivity index (χ1v) is 6.44. The van der Waals surface area contributed by atoms with Crippen LogP contribution in [0.2, 0.25) is 5.02 Å². The van der Waals surface area contributed by atoms with E-state index < -0.39 is 12.0 Å². The number of urea groups is 1. The molecule has 0 aliphatic rings. The summed E-state index contributed by atoms with van der Waals surface area (Å²) in [5.74, 6) is -1.10. The summed E-state index contributed by atoms with van der Waals surface area (Å²) >= 11 is 5.93. The Morgan fingerprint density at radius 1 is 1.43 bits per heavy atom. The first kappa shape index (κ1) is 14.9. The number of aromatic amines is 1. The maximum absolute atomic E-state index is 11.9. The predicted octanol–water partition coefficient (Wildman–Crippen LogP) is 2.64. The van der Waals surface area contributed by atoms with E-state index in [9.17, 15) is 9.59 Å². The summed E-state index contributed by atoms with van der Waals surface area (Å²) in [4.78, 5) is 22.8. The van der Waals surface area contributed by atoms with Crippen molar-refractivity contribution < 1.29 is 14.7 Å². The number of carbonyl (C=O) groups excluding carboxylic acids is 1. The molecule has 0 bridgehead atoms. The lowest BCUT2D eigenvalue weighted by atomic mass is 10.2. The van der Waals surface area contributed by atoms with Crippen molar-refractivity contribution in [1.29, 1.82) is 0 Å². The molecule has 1 heterocycles. The molecular weight excluding hydrogens is 296 g/mol. The number of carboxylic acids is 1. The molecule has 0 aliphatic heterocycles. The van der Waals surface area contributed by atoms with Gasteiger partial charge < -0.3 is 15.7 Å². The van der Waals surface area contributed by atoms with Crippen molar-refractivity contribution >= 4 is 29.3 Å². The van der Waals surface area contributed by atoms with Gasteiger partial charge in [0.15, 0.2) is 0 Å². The number of amides is 2. The van der Waals surface area contributed by atoms with Crippen LogP contribution in [0.4, 0.5) is 10.5 Å². The molecule has 0 saturated carbocycles. The molecule has 1 atom stereocenters. The molecule has 1 aromatic carbocycles. The number of aromatic nitrogens is 2. The molecule has 0 fully saturated rings. The van der Waals surface area contributed by atoms with E-state index in [1.807, 2.05) is 0 Å². The van der Waals surface area contributed by atoms with Gasteiger partial charge in [0.05, 0.1) is 28.5 Å². The molecule has 0 aliphatic carbocycles. The molecule has 8 heteroatoms. The van der Waals surface area contributed by atoms with Crippen LogP contribution in [0.5, 0.6) is 0 Å². The first-order chi connectivity index (χ1) is 9.97. The highest BCUT2D eigenvalue weighted by molar-refractivity contribution is 6.33. The molecule has 2 rings (SSSR count). The van der Waals surface area contributed by atoms with E-state index >= 15 is 0 Å². The number of nitrogens with zero attached hydrogens (tertiary/aromatic N) is 1. The molecule has 1 unspecified atom stereocenters. The topological polar surface area (TPSA) is 107 Å². The maximum Gasteiger partial charge on any atom is 0.335 e. The van der Waals surface area contributed by atoms with Crippen LogP contribution in [0, 0.1) is 0 Å². The summed E-state index contributed by atoms with van der Waals surface area (Å²) in [6.07, 6.45) is 3.27. The Kier molecular flexibility index (Phi) is 4.44. The maximum atomic E-state index is 11.9. The third kappa shape index (κ3) is 3.73. The van der Waals surface area contributed by atoms with Crippen LogP contribution < -0.4 is 10.6 Å². The minimum Gasteiger partial charge on any atom is -0.478 e. The summed E-state index contributed by atoms with van der Waals surface area (Å²) in [6.45, 7) is 1.79. The highest BCUT2D eigenvalue weighted by Crippen LogP contribution is 2.23. The number of rotatable bonds is 4. The van der Waals surface area contributed by atoms with Gasteiger partial charge in [-0.3, -0.25) is 5.10 Å². The molecule has 0 spiro atoms. The van der Waals surface area contributed by atoms with E-state index in [0.717, 1.165) is 5.56 Å². The summed E-state index contributed by atoms with van der Waals surface area (Å²) in [5.41, 5.74) is 1.08. The van der Waals surface area contributed by atoms with Crippen molar-refractivity contribution in [1.82, 2.24) is 15.5 Å². The van der Waals surface area contributed by atoms with E-state index in [2.05, 4.69) is 20.8 Å². The number of hydrogen-bond donors (Lipinski definition) is 4. The standard InChI is InChI=1S/C13H13ClN4O3/c1-7(9-5-15-16-6-9)17-13(21)18-11-4-8(12(19)20)2-3-10(11)14/h2-7H,1H3,(H,15,16)(H,19,20)(H2,17,18,21). The number of nitrogens with one attached hydrogen (secondary N) is 3.